The molecule has 1 atom stereocenters. The Kier molecular flexibility index (Phi) is 6.95. The highest BCUT2D eigenvalue weighted by molar-refractivity contribution is 14.0. The van der Waals surface area contributed by atoms with Gasteiger partial charge in [-0.3, -0.25) is 4.98 Å². The van der Waals surface area contributed by atoms with E-state index in [1.165, 1.54) is 0 Å². The highest BCUT2D eigenvalue weighted by Gasteiger charge is 2.27. The van der Waals surface area contributed by atoms with Gasteiger partial charge in [-0.05, 0) is 42.7 Å². The van der Waals surface area contributed by atoms with Crippen LogP contribution in [0.5, 0.6) is 5.75 Å². The maximum Gasteiger partial charge on any atom is 0.211 e. The summed E-state index contributed by atoms with van der Waals surface area (Å²) in [6, 6.07) is 4.54. The van der Waals surface area contributed by atoms with E-state index in [2.05, 4.69) is 9.71 Å². The summed E-state index contributed by atoms with van der Waals surface area (Å²) in [6.07, 6.45) is 3.35. The highest BCUT2D eigenvalue weighted by atomic mass is 127. The first-order valence-corrected chi connectivity index (χ1v) is 9.91. The summed E-state index contributed by atoms with van der Waals surface area (Å²) in [7, 11) is -3.38. The van der Waals surface area contributed by atoms with Crippen molar-refractivity contribution < 1.29 is 19.7 Å². The molecule has 3 N–H and O–H groups in total. The first kappa shape index (κ1) is 21.7. The van der Waals surface area contributed by atoms with Crippen LogP contribution in [-0.4, -0.2) is 36.6 Å². The third-order valence-electron chi connectivity index (χ3n) is 4.41. The number of rotatable bonds is 5. The number of halogens is 1. The molecule has 1 aromatic heterocycles. The molecule has 9 heteroatoms. The maximum atomic E-state index is 12.0. The van der Waals surface area contributed by atoms with Gasteiger partial charge in [0.2, 0.25) is 10.0 Å². The monoisotopic (exact) mass is 505 g/mol. The summed E-state index contributed by atoms with van der Waals surface area (Å²) in [5.74, 6) is 0.0372. The molecule has 2 heterocycles. The zero-order valence-electron chi connectivity index (χ0n) is 15.0. The number of ether oxygens (including phenoxy) is 1. The number of aromatic hydroxyl groups is 1. The number of hydrogen-bond donors (Lipinski definition) is 3. The van der Waals surface area contributed by atoms with E-state index in [4.69, 9.17) is 10.1 Å². The van der Waals surface area contributed by atoms with Gasteiger partial charge in [-0.2, -0.15) is 0 Å². The molecule has 148 valence electrons. The number of benzene rings is 1. The predicted molar refractivity (Wildman–Crippen MR) is 116 cm³/mol. The zero-order chi connectivity index (χ0) is 18.9. The molecule has 1 aliphatic rings. The van der Waals surface area contributed by atoms with Crippen molar-refractivity contribution in [3.63, 3.8) is 0 Å². The van der Waals surface area contributed by atoms with Crippen LogP contribution in [0.2, 0.25) is 0 Å². The number of fused-ring (bicyclic) bond motifs is 1. The summed E-state index contributed by atoms with van der Waals surface area (Å²) >= 11 is 0. The first-order valence-electron chi connectivity index (χ1n) is 8.26. The molecule has 0 spiro atoms. The molecule has 2 aromatic rings. The average molecular weight is 505 g/mol. The minimum absolute atomic E-state index is 0. The molecule has 0 bridgehead atoms. The Hall–Kier alpha value is -1.56. The number of phenols is 1. The average Bonchev–Trinajstić information content (AvgIpc) is 2.61. The lowest BCUT2D eigenvalue weighted by atomic mass is 9.92. The Balaban J connectivity index is 0.00000196. The van der Waals surface area contributed by atoms with E-state index >= 15 is 0 Å². The van der Waals surface area contributed by atoms with Gasteiger partial charge in [0, 0.05) is 30.7 Å². The van der Waals surface area contributed by atoms with Crippen molar-refractivity contribution in [2.45, 2.75) is 26.5 Å². The molecule has 3 rings (SSSR count). The van der Waals surface area contributed by atoms with Gasteiger partial charge in [-0.15, -0.1) is 24.0 Å². The molecule has 0 saturated carbocycles. The standard InChI is InChI=1S/C18H21N3O4S.HI.H2/c1-3-26(23,24)21-17-10-25-9-16-14(7-20-8-15(16)17)12-4-5-18(22)13(6-12)11(2)19;;/h4-8,17,19,21-22H,3,9-10H2,1-2H3;2*1H. The van der Waals surface area contributed by atoms with Gasteiger partial charge in [-0.25, -0.2) is 13.1 Å². The number of phenolic OH excluding ortho intramolecular Hbond substituents is 1. The van der Waals surface area contributed by atoms with Gasteiger partial charge in [0.05, 0.1) is 25.0 Å². The molecule has 7 nitrogen and oxygen atoms in total. The van der Waals surface area contributed by atoms with Crippen molar-refractivity contribution >= 4 is 39.7 Å². The molecular weight excluding hydrogens is 481 g/mol. The minimum Gasteiger partial charge on any atom is -0.507 e. The number of nitrogens with one attached hydrogen (secondary N) is 2. The smallest absolute Gasteiger partial charge is 0.211 e. The maximum absolute atomic E-state index is 12.0. The summed E-state index contributed by atoms with van der Waals surface area (Å²) in [5.41, 5.74) is 3.93. The Bertz CT molecular complexity index is 969. The molecule has 1 aromatic carbocycles. The van der Waals surface area contributed by atoms with Crippen molar-refractivity contribution in [2.75, 3.05) is 12.4 Å². The van der Waals surface area contributed by atoms with E-state index in [1.807, 2.05) is 0 Å². The van der Waals surface area contributed by atoms with Crippen LogP contribution in [-0.2, 0) is 21.4 Å². The van der Waals surface area contributed by atoms with E-state index in [1.54, 1.807) is 44.4 Å². The van der Waals surface area contributed by atoms with Gasteiger partial charge in [0.1, 0.15) is 5.75 Å². The van der Waals surface area contributed by atoms with Crippen LogP contribution in [0.3, 0.4) is 0 Å². The van der Waals surface area contributed by atoms with Gasteiger partial charge in [0.25, 0.3) is 0 Å². The van der Waals surface area contributed by atoms with E-state index in [-0.39, 0.29) is 49.2 Å². The van der Waals surface area contributed by atoms with Crippen molar-refractivity contribution in [1.82, 2.24) is 9.71 Å². The number of sulfonamides is 1. The fourth-order valence-electron chi connectivity index (χ4n) is 2.98. The minimum atomic E-state index is -3.38. The SMILES string of the molecule is CCS(=O)(=O)NC1COCc2c(-c3ccc(O)c(C(C)=N)c3)cncc21.I.[HH]. The van der Waals surface area contributed by atoms with Crippen LogP contribution in [0.1, 0.15) is 38.0 Å². The first-order chi connectivity index (χ1) is 12.3. The molecule has 0 saturated heterocycles. The Morgan fingerprint density at radius 3 is 2.85 bits per heavy atom. The van der Waals surface area contributed by atoms with Crippen LogP contribution >= 0.6 is 24.0 Å². The van der Waals surface area contributed by atoms with Crippen LogP contribution in [0.25, 0.3) is 11.1 Å². The lowest BCUT2D eigenvalue weighted by molar-refractivity contribution is 0.0884. The van der Waals surface area contributed by atoms with Crippen molar-refractivity contribution in [1.29, 1.82) is 5.41 Å². The Morgan fingerprint density at radius 2 is 2.19 bits per heavy atom. The van der Waals surface area contributed by atoms with Crippen molar-refractivity contribution in [2.24, 2.45) is 0 Å². The van der Waals surface area contributed by atoms with Crippen LogP contribution in [0.4, 0.5) is 0 Å². The van der Waals surface area contributed by atoms with Crippen LogP contribution in [0.15, 0.2) is 30.6 Å². The molecule has 0 aliphatic carbocycles. The van der Waals surface area contributed by atoms with Crippen LogP contribution in [0, 0.1) is 5.41 Å². The zero-order valence-corrected chi connectivity index (χ0v) is 18.2. The van der Waals surface area contributed by atoms with E-state index in [0.29, 0.717) is 12.2 Å². The fraction of sp³-hybridized carbons (Fsp3) is 0.333. The van der Waals surface area contributed by atoms with Crippen LogP contribution < -0.4 is 4.72 Å². The second-order valence-electron chi connectivity index (χ2n) is 6.20. The normalized spacial score (nSPS) is 16.3. The van der Waals surface area contributed by atoms with E-state index in [0.717, 1.165) is 22.3 Å². The molecule has 0 fully saturated rings. The predicted octanol–water partition coefficient (Wildman–Crippen LogP) is 3.22. The third kappa shape index (κ3) is 4.65. The quantitative estimate of drug-likeness (QED) is 0.427. The summed E-state index contributed by atoms with van der Waals surface area (Å²) in [5, 5.41) is 17.7. The lowest BCUT2D eigenvalue weighted by Gasteiger charge is -2.27. The van der Waals surface area contributed by atoms with Gasteiger partial charge < -0.3 is 15.3 Å². The molecule has 0 amide bonds. The molecule has 0 radical (unpaired) electrons. The Labute approximate surface area is 177 Å². The third-order valence-corrected chi connectivity index (χ3v) is 5.81. The largest absolute Gasteiger partial charge is 0.507 e. The lowest BCUT2D eigenvalue weighted by Crippen LogP contribution is -2.35. The topological polar surface area (TPSA) is 112 Å². The fourth-order valence-corrected chi connectivity index (χ4v) is 3.78. The number of hydrogen-bond acceptors (Lipinski definition) is 6. The van der Waals surface area contributed by atoms with Gasteiger partial charge >= 0.3 is 0 Å². The number of nitrogens with zero attached hydrogens (tertiary/aromatic N) is 1. The van der Waals surface area contributed by atoms with Crippen molar-refractivity contribution in [3.05, 3.63) is 47.3 Å². The second-order valence-corrected chi connectivity index (χ2v) is 8.24. The van der Waals surface area contributed by atoms with E-state index < -0.39 is 16.1 Å². The Morgan fingerprint density at radius 1 is 1.44 bits per heavy atom. The van der Waals surface area contributed by atoms with Gasteiger partial charge in [-0.1, -0.05) is 6.07 Å². The second kappa shape index (κ2) is 8.63. The molecule has 27 heavy (non-hydrogen) atoms. The molecular formula is C18H24IN3O4S. The number of pyridine rings is 1. The molecule has 1 unspecified atom stereocenters. The summed E-state index contributed by atoms with van der Waals surface area (Å²) < 4.78 is 32.2. The highest BCUT2D eigenvalue weighted by Crippen LogP contribution is 2.34. The molecule has 1 aliphatic heterocycles. The van der Waals surface area contributed by atoms with Crippen molar-refractivity contribution in [3.8, 4) is 16.9 Å². The van der Waals surface area contributed by atoms with Gasteiger partial charge in [0.15, 0.2) is 0 Å². The summed E-state index contributed by atoms with van der Waals surface area (Å²) in [6.45, 7) is 3.78. The van der Waals surface area contributed by atoms with E-state index in [9.17, 15) is 13.5 Å². The number of aromatic nitrogens is 1. The summed E-state index contributed by atoms with van der Waals surface area (Å²) in [4.78, 5) is 4.27.